The lowest BCUT2D eigenvalue weighted by molar-refractivity contribution is 0.189. The molecule has 1 heterocycles. The molecule has 2 heteroatoms. The first-order valence-corrected chi connectivity index (χ1v) is 6.03. The zero-order valence-electron chi connectivity index (χ0n) is 10.3. The van der Waals surface area contributed by atoms with E-state index in [1.54, 1.807) is 18.4 Å². The summed E-state index contributed by atoms with van der Waals surface area (Å²) in [7, 11) is 0. The van der Waals surface area contributed by atoms with E-state index in [1.165, 1.54) is 5.56 Å². The molecule has 1 N–H and O–H groups in total. The summed E-state index contributed by atoms with van der Waals surface area (Å²) in [6.45, 7) is 4.38. The molecular weight excluding hydrogens is 212 g/mol. The minimum atomic E-state index is -0.670. The topological polar surface area (TPSA) is 33.4 Å². The fourth-order valence-electron chi connectivity index (χ4n) is 1.85. The molecule has 90 valence electrons. The maximum absolute atomic E-state index is 10.1. The van der Waals surface area contributed by atoms with Crippen molar-refractivity contribution in [2.24, 2.45) is 0 Å². The maximum atomic E-state index is 10.1. The van der Waals surface area contributed by atoms with Gasteiger partial charge in [-0.25, -0.2) is 0 Å². The molecule has 0 amide bonds. The second-order valence-electron chi connectivity index (χ2n) is 4.39. The van der Waals surface area contributed by atoms with E-state index >= 15 is 0 Å². The van der Waals surface area contributed by atoms with Crippen molar-refractivity contribution in [3.63, 3.8) is 0 Å². The van der Waals surface area contributed by atoms with Crippen LogP contribution in [0.5, 0.6) is 0 Å². The summed E-state index contributed by atoms with van der Waals surface area (Å²) in [5.74, 6) is 1.14. The van der Waals surface area contributed by atoms with Crippen molar-refractivity contribution >= 4 is 0 Å². The molecule has 0 radical (unpaired) electrons. The number of hydrogen-bond acceptors (Lipinski definition) is 2. The molecule has 0 saturated heterocycles. The van der Waals surface area contributed by atoms with Crippen LogP contribution in [0.2, 0.25) is 0 Å². The van der Waals surface area contributed by atoms with Gasteiger partial charge in [-0.1, -0.05) is 38.1 Å². The van der Waals surface area contributed by atoms with E-state index in [4.69, 9.17) is 4.42 Å². The predicted octanol–water partition coefficient (Wildman–Crippen LogP) is 3.87. The zero-order chi connectivity index (χ0) is 12.3. The fourth-order valence-corrected chi connectivity index (χ4v) is 1.85. The van der Waals surface area contributed by atoms with Crippen LogP contribution in [0.4, 0.5) is 0 Å². The molecule has 0 spiro atoms. The SMILES string of the molecule is CCC(C)c1ccc(C(O)c2ccco2)cc1. The average molecular weight is 230 g/mol. The molecular formula is C15H18O2. The molecule has 2 atom stereocenters. The largest absolute Gasteiger partial charge is 0.466 e. The molecule has 0 aliphatic rings. The van der Waals surface area contributed by atoms with Crippen LogP contribution >= 0.6 is 0 Å². The average Bonchev–Trinajstić information content (AvgIpc) is 2.91. The van der Waals surface area contributed by atoms with Crippen molar-refractivity contribution in [3.8, 4) is 0 Å². The van der Waals surface area contributed by atoms with E-state index in [0.29, 0.717) is 11.7 Å². The van der Waals surface area contributed by atoms with Gasteiger partial charge in [0.15, 0.2) is 0 Å². The van der Waals surface area contributed by atoms with Crippen molar-refractivity contribution in [1.82, 2.24) is 0 Å². The Kier molecular flexibility index (Phi) is 3.64. The first-order chi connectivity index (χ1) is 8.22. The Hall–Kier alpha value is -1.54. The monoisotopic (exact) mass is 230 g/mol. The summed E-state index contributed by atoms with van der Waals surface area (Å²) in [6, 6.07) is 11.7. The summed E-state index contributed by atoms with van der Waals surface area (Å²) >= 11 is 0. The van der Waals surface area contributed by atoms with Crippen LogP contribution in [0, 0.1) is 0 Å². The lowest BCUT2D eigenvalue weighted by Gasteiger charge is -2.12. The number of benzene rings is 1. The van der Waals surface area contributed by atoms with E-state index in [0.717, 1.165) is 12.0 Å². The molecule has 0 saturated carbocycles. The number of hydrogen-bond donors (Lipinski definition) is 1. The molecule has 2 aromatic rings. The Morgan fingerprint density at radius 3 is 2.29 bits per heavy atom. The third-order valence-electron chi connectivity index (χ3n) is 3.25. The van der Waals surface area contributed by atoms with Gasteiger partial charge in [0.1, 0.15) is 11.9 Å². The van der Waals surface area contributed by atoms with Crippen molar-refractivity contribution < 1.29 is 9.52 Å². The predicted molar refractivity (Wildman–Crippen MR) is 67.9 cm³/mol. The quantitative estimate of drug-likeness (QED) is 0.864. The summed E-state index contributed by atoms with van der Waals surface area (Å²) in [6.07, 6.45) is 2.03. The molecule has 17 heavy (non-hydrogen) atoms. The van der Waals surface area contributed by atoms with Gasteiger partial charge in [-0.05, 0) is 35.6 Å². The van der Waals surface area contributed by atoms with Gasteiger partial charge >= 0.3 is 0 Å². The molecule has 0 fully saturated rings. The second kappa shape index (κ2) is 5.19. The van der Waals surface area contributed by atoms with Crippen LogP contribution < -0.4 is 0 Å². The van der Waals surface area contributed by atoms with Gasteiger partial charge in [0, 0.05) is 0 Å². The normalized spacial score (nSPS) is 14.5. The first kappa shape index (κ1) is 11.9. The van der Waals surface area contributed by atoms with Gasteiger partial charge in [-0.2, -0.15) is 0 Å². The Morgan fingerprint density at radius 2 is 1.76 bits per heavy atom. The molecule has 0 aliphatic heterocycles. The molecule has 2 nitrogen and oxygen atoms in total. The molecule has 0 aliphatic carbocycles. The van der Waals surface area contributed by atoms with Crippen molar-refractivity contribution in [2.45, 2.75) is 32.3 Å². The smallest absolute Gasteiger partial charge is 0.137 e. The Bertz CT molecular complexity index is 442. The third-order valence-corrected chi connectivity index (χ3v) is 3.25. The standard InChI is InChI=1S/C15H18O2/c1-3-11(2)12-6-8-13(9-7-12)15(16)14-5-4-10-17-14/h4-11,15-16H,3H2,1-2H3. The molecule has 0 bridgehead atoms. The van der Waals surface area contributed by atoms with Crippen LogP contribution in [-0.2, 0) is 0 Å². The Labute approximate surface area is 102 Å². The van der Waals surface area contributed by atoms with E-state index in [2.05, 4.69) is 26.0 Å². The number of aliphatic hydroxyl groups excluding tert-OH is 1. The highest BCUT2D eigenvalue weighted by Gasteiger charge is 2.13. The second-order valence-corrected chi connectivity index (χ2v) is 4.39. The van der Waals surface area contributed by atoms with Crippen LogP contribution in [0.15, 0.2) is 47.1 Å². The van der Waals surface area contributed by atoms with Gasteiger partial charge in [-0.3, -0.25) is 0 Å². The van der Waals surface area contributed by atoms with Crippen LogP contribution in [0.3, 0.4) is 0 Å². The number of furan rings is 1. The highest BCUT2D eigenvalue weighted by atomic mass is 16.4. The third kappa shape index (κ3) is 2.59. The minimum absolute atomic E-state index is 0.560. The maximum Gasteiger partial charge on any atom is 0.137 e. The minimum Gasteiger partial charge on any atom is -0.466 e. The van der Waals surface area contributed by atoms with E-state index in [1.807, 2.05) is 12.1 Å². The van der Waals surface area contributed by atoms with Gasteiger partial charge in [0.05, 0.1) is 6.26 Å². The molecule has 2 unspecified atom stereocenters. The summed E-state index contributed by atoms with van der Waals surface area (Å²) < 4.78 is 5.20. The van der Waals surface area contributed by atoms with E-state index in [-0.39, 0.29) is 0 Å². The highest BCUT2D eigenvalue weighted by molar-refractivity contribution is 5.29. The zero-order valence-corrected chi connectivity index (χ0v) is 10.3. The Morgan fingerprint density at radius 1 is 1.12 bits per heavy atom. The summed E-state index contributed by atoms with van der Waals surface area (Å²) in [5, 5.41) is 10.1. The van der Waals surface area contributed by atoms with Crippen molar-refractivity contribution in [2.75, 3.05) is 0 Å². The van der Waals surface area contributed by atoms with Gasteiger partial charge in [-0.15, -0.1) is 0 Å². The van der Waals surface area contributed by atoms with Gasteiger partial charge < -0.3 is 9.52 Å². The Balaban J connectivity index is 2.18. The summed E-state index contributed by atoms with van der Waals surface area (Å²) in [4.78, 5) is 0. The van der Waals surface area contributed by atoms with Crippen molar-refractivity contribution in [3.05, 3.63) is 59.5 Å². The lowest BCUT2D eigenvalue weighted by atomic mass is 9.96. The number of rotatable bonds is 4. The van der Waals surface area contributed by atoms with Crippen LogP contribution in [0.25, 0.3) is 0 Å². The molecule has 2 rings (SSSR count). The number of aliphatic hydroxyl groups is 1. The highest BCUT2D eigenvalue weighted by Crippen LogP contribution is 2.25. The van der Waals surface area contributed by atoms with Crippen LogP contribution in [0.1, 0.15) is 49.2 Å². The summed E-state index contributed by atoms with van der Waals surface area (Å²) in [5.41, 5.74) is 2.18. The van der Waals surface area contributed by atoms with Crippen LogP contribution in [-0.4, -0.2) is 5.11 Å². The van der Waals surface area contributed by atoms with Gasteiger partial charge in [0.25, 0.3) is 0 Å². The molecule has 1 aromatic carbocycles. The first-order valence-electron chi connectivity index (χ1n) is 6.03. The van der Waals surface area contributed by atoms with E-state index in [9.17, 15) is 5.11 Å². The van der Waals surface area contributed by atoms with Gasteiger partial charge in [0.2, 0.25) is 0 Å². The molecule has 1 aromatic heterocycles. The van der Waals surface area contributed by atoms with Crippen molar-refractivity contribution in [1.29, 1.82) is 0 Å². The van der Waals surface area contributed by atoms with E-state index < -0.39 is 6.10 Å². The lowest BCUT2D eigenvalue weighted by Crippen LogP contribution is -1.99. The fraction of sp³-hybridized carbons (Fsp3) is 0.333.